The average Bonchev–Trinajstić information content (AvgIpc) is 3.44. The lowest BCUT2D eigenvalue weighted by atomic mass is 10.3. The third-order valence-electron chi connectivity index (χ3n) is 4.06. The number of hydrogen-bond acceptors (Lipinski definition) is 10. The first-order valence-electron chi connectivity index (χ1n) is 9.52. The van der Waals surface area contributed by atoms with Gasteiger partial charge >= 0.3 is 11.9 Å². The van der Waals surface area contributed by atoms with E-state index in [9.17, 15) is 9.59 Å². The molecule has 0 radical (unpaired) electrons. The van der Waals surface area contributed by atoms with E-state index >= 15 is 0 Å². The number of thiocarbonyl (C=S) groups is 2. The Kier molecular flexibility index (Phi) is 13.3. The van der Waals surface area contributed by atoms with Crippen LogP contribution in [0.25, 0.3) is 0 Å². The molecule has 0 amide bonds. The van der Waals surface area contributed by atoms with Gasteiger partial charge in [0.05, 0.1) is 11.4 Å². The first-order valence-corrected chi connectivity index (χ1v) is 12.6. The summed E-state index contributed by atoms with van der Waals surface area (Å²) in [5, 5.41) is 17.5. The molecular formula is C18H26N6O6S4. The molecule has 0 aromatic carbocycles. The van der Waals surface area contributed by atoms with Crippen molar-refractivity contribution in [1.82, 2.24) is 19.8 Å². The van der Waals surface area contributed by atoms with Crippen LogP contribution in [0.15, 0.2) is 21.6 Å². The van der Waals surface area contributed by atoms with Gasteiger partial charge in [0.25, 0.3) is 0 Å². The van der Waals surface area contributed by atoms with Crippen LogP contribution in [0.3, 0.4) is 0 Å². The number of nitrogens with zero attached hydrogens (tertiary/aromatic N) is 4. The fourth-order valence-electron chi connectivity index (χ4n) is 2.04. The van der Waals surface area contributed by atoms with E-state index in [0.29, 0.717) is 10.2 Å². The molecule has 0 unspecified atom stereocenters. The Morgan fingerprint density at radius 2 is 1.47 bits per heavy atom. The maximum absolute atomic E-state index is 10.2. The van der Waals surface area contributed by atoms with E-state index in [1.54, 1.807) is 23.5 Å². The van der Waals surface area contributed by atoms with Gasteiger partial charge in [0.15, 0.2) is 23.0 Å². The van der Waals surface area contributed by atoms with Gasteiger partial charge in [-0.15, -0.1) is 0 Å². The summed E-state index contributed by atoms with van der Waals surface area (Å²) in [6.45, 7) is 1.65. The normalized spacial score (nSPS) is 10.2. The number of hydrogen-bond donors (Lipinski definition) is 4. The molecule has 34 heavy (non-hydrogen) atoms. The van der Waals surface area contributed by atoms with Crippen molar-refractivity contribution in [3.05, 3.63) is 35.7 Å². The van der Waals surface area contributed by atoms with E-state index in [-0.39, 0.29) is 0 Å². The number of oxazole rings is 2. The van der Waals surface area contributed by atoms with E-state index in [1.807, 2.05) is 23.9 Å². The number of nitrogens with two attached hydrogens (primary N) is 2. The van der Waals surface area contributed by atoms with Gasteiger partial charge in [-0.2, -0.15) is 23.5 Å². The topological polar surface area (TPSA) is 185 Å². The van der Waals surface area contributed by atoms with Crippen molar-refractivity contribution < 1.29 is 28.6 Å². The van der Waals surface area contributed by atoms with Gasteiger partial charge in [0.2, 0.25) is 11.5 Å². The van der Waals surface area contributed by atoms with Crippen molar-refractivity contribution in [1.29, 1.82) is 0 Å². The second-order valence-electron chi connectivity index (χ2n) is 6.49. The number of rotatable bonds is 12. The second-order valence-corrected chi connectivity index (χ2v) is 9.53. The molecule has 12 nitrogen and oxygen atoms in total. The highest BCUT2D eigenvalue weighted by Gasteiger charge is 2.20. The molecular weight excluding hydrogens is 525 g/mol. The Morgan fingerprint density at radius 3 is 1.94 bits per heavy atom. The van der Waals surface area contributed by atoms with Crippen molar-refractivity contribution in [2.45, 2.75) is 11.5 Å². The zero-order valence-electron chi connectivity index (χ0n) is 18.5. The predicted octanol–water partition coefficient (Wildman–Crippen LogP) is 1.56. The predicted molar refractivity (Wildman–Crippen MR) is 138 cm³/mol. The van der Waals surface area contributed by atoms with Crippen molar-refractivity contribution in [3.8, 4) is 0 Å². The molecule has 0 aliphatic rings. The molecule has 0 aliphatic heterocycles. The van der Waals surface area contributed by atoms with Gasteiger partial charge in [-0.3, -0.25) is 0 Å². The first-order chi connectivity index (χ1) is 16.0. The lowest BCUT2D eigenvalue weighted by Crippen LogP contribution is -2.33. The van der Waals surface area contributed by atoms with Crippen LogP contribution in [0.1, 0.15) is 32.5 Å². The molecule has 2 aromatic heterocycles. The zero-order chi connectivity index (χ0) is 25.7. The molecule has 0 saturated carbocycles. The van der Waals surface area contributed by atoms with Crippen LogP contribution in [0.5, 0.6) is 0 Å². The van der Waals surface area contributed by atoms with Gasteiger partial charge in [0, 0.05) is 44.4 Å². The Bertz CT molecular complexity index is 897. The molecule has 0 fully saturated rings. The van der Waals surface area contributed by atoms with E-state index in [2.05, 4.69) is 14.4 Å². The lowest BCUT2D eigenvalue weighted by Gasteiger charge is -2.16. The molecule has 16 heteroatoms. The molecule has 0 saturated heterocycles. The van der Waals surface area contributed by atoms with E-state index in [0.717, 1.165) is 53.9 Å². The van der Waals surface area contributed by atoms with Gasteiger partial charge in [-0.05, 0) is 24.4 Å². The maximum atomic E-state index is 10.2. The van der Waals surface area contributed by atoms with Gasteiger partial charge in [-0.1, -0.05) is 0 Å². The fraction of sp³-hybridized carbons (Fsp3) is 0.444. The van der Waals surface area contributed by atoms with Crippen LogP contribution in [0, 0.1) is 0 Å². The highest BCUT2D eigenvalue weighted by Crippen LogP contribution is 2.20. The van der Waals surface area contributed by atoms with Crippen molar-refractivity contribution >= 4 is 70.1 Å². The molecule has 6 N–H and O–H groups in total. The summed E-state index contributed by atoms with van der Waals surface area (Å²) in [5.74, 6) is 0.904. The molecule has 188 valence electrons. The van der Waals surface area contributed by atoms with Crippen LogP contribution in [0.4, 0.5) is 0 Å². The minimum atomic E-state index is -1.44. The number of carbonyl (C=O) groups is 2. The molecule has 2 rings (SSSR count). The van der Waals surface area contributed by atoms with Crippen LogP contribution in [-0.2, 0) is 11.5 Å². The highest BCUT2D eigenvalue weighted by molar-refractivity contribution is 7.98. The largest absolute Gasteiger partial charge is 0.476 e. The Hall–Kier alpha value is -2.56. The SMILES string of the molecule is CN(CCSCc1ncoc1CSCCN(C)C(N)=S)C(N)=S.O=C(O)c1ncoc1C(=O)O. The van der Waals surface area contributed by atoms with Gasteiger partial charge < -0.3 is 40.3 Å². The fourth-order valence-corrected chi connectivity index (χ4v) is 4.16. The summed E-state index contributed by atoms with van der Waals surface area (Å²) < 4.78 is 9.77. The quantitative estimate of drug-likeness (QED) is 0.220. The molecule has 2 aromatic rings. The average molecular weight is 551 g/mol. The zero-order valence-corrected chi connectivity index (χ0v) is 21.8. The smallest absolute Gasteiger partial charge is 0.374 e. The van der Waals surface area contributed by atoms with Crippen molar-refractivity contribution in [2.24, 2.45) is 11.5 Å². The number of carboxylic acid groups (broad SMARTS) is 2. The second kappa shape index (κ2) is 15.4. The van der Waals surface area contributed by atoms with Crippen LogP contribution in [0.2, 0.25) is 0 Å². The minimum absolute atomic E-state index is 0.421. The summed E-state index contributed by atoms with van der Waals surface area (Å²) in [7, 11) is 3.79. The minimum Gasteiger partial charge on any atom is -0.476 e. The van der Waals surface area contributed by atoms with Crippen LogP contribution >= 0.6 is 48.0 Å². The monoisotopic (exact) mass is 550 g/mol. The molecule has 0 bridgehead atoms. The summed E-state index contributed by atoms with van der Waals surface area (Å²) in [6.07, 6.45) is 2.28. The Morgan fingerprint density at radius 1 is 0.941 bits per heavy atom. The summed E-state index contributed by atoms with van der Waals surface area (Å²) in [6, 6.07) is 0. The Labute approximate surface area is 215 Å². The number of aromatic nitrogens is 2. The first kappa shape index (κ1) is 29.5. The number of aromatic carboxylic acids is 2. The number of carboxylic acids is 2. The van der Waals surface area contributed by atoms with Gasteiger partial charge in [-0.25, -0.2) is 19.6 Å². The molecule has 0 aliphatic carbocycles. The maximum Gasteiger partial charge on any atom is 0.374 e. The van der Waals surface area contributed by atoms with Crippen molar-refractivity contribution in [3.63, 3.8) is 0 Å². The standard InChI is InChI=1S/C13H23N5OS4.C5H3NO5/c1-17(12(14)20)3-5-22-7-10-11(19-9-16-10)8-23-6-4-18(2)13(15)21;7-4(8)2-3(5(9)10)11-1-6-2/h9H,3-8H2,1-2H3,(H2,14,20)(H2,15,21);1H,(H,7,8)(H,9,10). The number of thioether (sulfide) groups is 2. The Balaban J connectivity index is 0.000000437. The van der Waals surface area contributed by atoms with E-state index in [4.69, 9.17) is 50.5 Å². The molecule has 2 heterocycles. The van der Waals surface area contributed by atoms with E-state index < -0.39 is 23.4 Å². The summed E-state index contributed by atoms with van der Waals surface area (Å²) in [5.41, 5.74) is 11.5. The van der Waals surface area contributed by atoms with E-state index in [1.165, 1.54) is 6.39 Å². The summed E-state index contributed by atoms with van der Waals surface area (Å²) >= 11 is 13.4. The van der Waals surface area contributed by atoms with Crippen molar-refractivity contribution in [2.75, 3.05) is 38.7 Å². The summed E-state index contributed by atoms with van der Waals surface area (Å²) in [4.78, 5) is 31.6. The van der Waals surface area contributed by atoms with Crippen LogP contribution in [-0.4, -0.2) is 90.8 Å². The molecule has 0 atom stereocenters. The third-order valence-corrected chi connectivity index (χ3v) is 6.57. The third kappa shape index (κ3) is 10.6. The highest BCUT2D eigenvalue weighted by atomic mass is 32.2. The van der Waals surface area contributed by atoms with Crippen LogP contribution < -0.4 is 11.5 Å². The van der Waals surface area contributed by atoms with Gasteiger partial charge in [0.1, 0.15) is 5.76 Å². The molecule has 0 spiro atoms. The lowest BCUT2D eigenvalue weighted by molar-refractivity contribution is 0.0624.